The molecule has 5 nitrogen and oxygen atoms in total. The molecule has 27 heavy (non-hydrogen) atoms. The van der Waals surface area contributed by atoms with Crippen LogP contribution in [0, 0.1) is 5.92 Å². The van der Waals surface area contributed by atoms with Crippen LogP contribution >= 0.6 is 0 Å². The molecule has 1 saturated heterocycles. The van der Waals surface area contributed by atoms with Gasteiger partial charge in [-0.3, -0.25) is 4.79 Å². The van der Waals surface area contributed by atoms with E-state index >= 15 is 0 Å². The summed E-state index contributed by atoms with van der Waals surface area (Å²) in [5.74, 6) is 1.98. The monoisotopic (exact) mass is 375 g/mol. The number of rotatable bonds is 8. The lowest BCUT2D eigenvalue weighted by Gasteiger charge is -2.29. The van der Waals surface area contributed by atoms with Gasteiger partial charge < -0.3 is 19.9 Å². The first-order valence-electron chi connectivity index (χ1n) is 10.7. The zero-order chi connectivity index (χ0) is 19.2. The number of hydrogen-bond acceptors (Lipinski definition) is 2. The fraction of sp³-hybridized carbons (Fsp3) is 0.682. The number of carbonyl (C=O) groups excluding carboxylic acids is 1. The second kappa shape index (κ2) is 9.56. The van der Waals surface area contributed by atoms with Crippen molar-refractivity contribution in [3.05, 3.63) is 29.3 Å². The summed E-state index contributed by atoms with van der Waals surface area (Å²) >= 11 is 0. The quantitative estimate of drug-likeness (QED) is 0.592. The summed E-state index contributed by atoms with van der Waals surface area (Å²) in [4.78, 5) is 15.4. The summed E-state index contributed by atoms with van der Waals surface area (Å²) in [6.07, 6.45) is 3.29. The standard InChI is InChI=1S/C22H35N3O2/c1-17(2)4-5-18(3)23-22(26)16-25-11-9-24(10-12-25)15-19-6-7-21-20(14-19)8-13-27-21/h6-7,14,17-18H,4-5,8-13,15-16H2,1-3H3,(H,23,26)/p+2/t18-/m1/s1. The second-order valence-electron chi connectivity index (χ2n) is 8.83. The van der Waals surface area contributed by atoms with E-state index in [0.717, 1.165) is 57.9 Å². The molecule has 0 aliphatic carbocycles. The number of hydrogen-bond donors (Lipinski definition) is 3. The highest BCUT2D eigenvalue weighted by Crippen LogP contribution is 2.25. The Labute approximate surface area is 164 Å². The molecule has 0 unspecified atom stereocenters. The van der Waals surface area contributed by atoms with E-state index < -0.39 is 0 Å². The maximum Gasteiger partial charge on any atom is 0.275 e. The third-order valence-electron chi connectivity index (χ3n) is 5.87. The number of quaternary nitrogens is 2. The van der Waals surface area contributed by atoms with Crippen molar-refractivity contribution in [3.63, 3.8) is 0 Å². The Kier molecular flexibility index (Phi) is 7.13. The largest absolute Gasteiger partial charge is 0.493 e. The molecule has 1 amide bonds. The molecule has 2 aliphatic rings. The predicted octanol–water partition coefficient (Wildman–Crippen LogP) is -0.154. The minimum Gasteiger partial charge on any atom is -0.493 e. The predicted molar refractivity (Wildman–Crippen MR) is 107 cm³/mol. The molecule has 0 saturated carbocycles. The molecule has 3 N–H and O–H groups in total. The Morgan fingerprint density at radius 3 is 2.59 bits per heavy atom. The summed E-state index contributed by atoms with van der Waals surface area (Å²) in [5.41, 5.74) is 2.77. The number of benzene rings is 1. The van der Waals surface area contributed by atoms with Gasteiger partial charge >= 0.3 is 0 Å². The van der Waals surface area contributed by atoms with Gasteiger partial charge in [0.25, 0.3) is 5.91 Å². The molecule has 1 atom stereocenters. The molecule has 0 spiro atoms. The molecule has 3 rings (SSSR count). The lowest BCUT2D eigenvalue weighted by Crippen LogP contribution is -3.28. The maximum absolute atomic E-state index is 12.3. The minimum atomic E-state index is 0.211. The van der Waals surface area contributed by atoms with Crippen molar-refractivity contribution >= 4 is 5.91 Å². The number of amides is 1. The van der Waals surface area contributed by atoms with E-state index in [-0.39, 0.29) is 11.9 Å². The molecule has 1 fully saturated rings. The molecule has 1 aromatic rings. The van der Waals surface area contributed by atoms with Gasteiger partial charge in [-0.25, -0.2) is 0 Å². The number of ether oxygens (including phenoxy) is 1. The van der Waals surface area contributed by atoms with Crippen LogP contribution in [0.4, 0.5) is 0 Å². The smallest absolute Gasteiger partial charge is 0.275 e. The molecule has 0 aromatic heterocycles. The molecular weight excluding hydrogens is 338 g/mol. The van der Waals surface area contributed by atoms with Crippen molar-refractivity contribution in [2.24, 2.45) is 5.92 Å². The summed E-state index contributed by atoms with van der Waals surface area (Å²) in [6, 6.07) is 6.95. The fourth-order valence-electron chi connectivity index (χ4n) is 4.16. The van der Waals surface area contributed by atoms with Crippen molar-refractivity contribution in [1.29, 1.82) is 0 Å². The van der Waals surface area contributed by atoms with Gasteiger partial charge in [0.05, 0.1) is 6.61 Å². The number of carbonyl (C=O) groups is 1. The van der Waals surface area contributed by atoms with E-state index in [1.807, 2.05) is 0 Å². The summed E-state index contributed by atoms with van der Waals surface area (Å²) in [7, 11) is 0. The molecule has 2 aliphatic heterocycles. The van der Waals surface area contributed by atoms with Gasteiger partial charge in [0.2, 0.25) is 0 Å². The van der Waals surface area contributed by atoms with Crippen molar-refractivity contribution in [1.82, 2.24) is 5.32 Å². The van der Waals surface area contributed by atoms with E-state index in [0.29, 0.717) is 12.5 Å². The van der Waals surface area contributed by atoms with Crippen molar-refractivity contribution in [2.45, 2.75) is 52.6 Å². The van der Waals surface area contributed by atoms with E-state index in [9.17, 15) is 4.79 Å². The van der Waals surface area contributed by atoms with Crippen LogP contribution in [-0.2, 0) is 17.8 Å². The molecule has 5 heteroatoms. The van der Waals surface area contributed by atoms with Gasteiger partial charge in [0.1, 0.15) is 38.5 Å². The van der Waals surface area contributed by atoms with Crippen LogP contribution in [-0.4, -0.2) is 51.3 Å². The molecule has 2 heterocycles. The highest BCUT2D eigenvalue weighted by Gasteiger charge is 2.25. The number of fused-ring (bicyclic) bond motifs is 1. The molecule has 150 valence electrons. The van der Waals surface area contributed by atoms with Gasteiger partial charge in [0, 0.05) is 18.0 Å². The van der Waals surface area contributed by atoms with Gasteiger partial charge in [-0.15, -0.1) is 0 Å². The Morgan fingerprint density at radius 2 is 1.85 bits per heavy atom. The lowest BCUT2D eigenvalue weighted by atomic mass is 10.0. The maximum atomic E-state index is 12.3. The van der Waals surface area contributed by atoms with Crippen LogP contribution in [0.3, 0.4) is 0 Å². The topological polar surface area (TPSA) is 47.2 Å². The fourth-order valence-corrected chi connectivity index (χ4v) is 4.16. The van der Waals surface area contributed by atoms with Crippen LogP contribution < -0.4 is 19.9 Å². The molecular formula is C22H37N3O2+2. The molecule has 1 aromatic carbocycles. The summed E-state index contributed by atoms with van der Waals surface area (Å²) < 4.78 is 5.60. The number of piperazine rings is 1. The van der Waals surface area contributed by atoms with Crippen LogP contribution in [0.25, 0.3) is 0 Å². The lowest BCUT2D eigenvalue weighted by molar-refractivity contribution is -1.02. The first-order valence-corrected chi connectivity index (χ1v) is 10.7. The Morgan fingerprint density at radius 1 is 1.11 bits per heavy atom. The van der Waals surface area contributed by atoms with E-state index in [1.54, 1.807) is 4.90 Å². The van der Waals surface area contributed by atoms with E-state index in [1.165, 1.54) is 22.4 Å². The highest BCUT2D eigenvalue weighted by atomic mass is 16.5. The molecule has 0 radical (unpaired) electrons. The van der Waals surface area contributed by atoms with Crippen molar-refractivity contribution in [3.8, 4) is 5.75 Å². The summed E-state index contributed by atoms with van der Waals surface area (Å²) in [6.45, 7) is 13.6. The minimum absolute atomic E-state index is 0.211. The van der Waals surface area contributed by atoms with Crippen LogP contribution in [0.15, 0.2) is 18.2 Å². The summed E-state index contributed by atoms with van der Waals surface area (Å²) in [5, 5.41) is 3.18. The second-order valence-corrected chi connectivity index (χ2v) is 8.83. The van der Waals surface area contributed by atoms with Crippen molar-refractivity contribution in [2.75, 3.05) is 39.3 Å². The van der Waals surface area contributed by atoms with Gasteiger partial charge in [-0.1, -0.05) is 13.8 Å². The van der Waals surface area contributed by atoms with Gasteiger partial charge in [0.15, 0.2) is 6.54 Å². The van der Waals surface area contributed by atoms with Gasteiger partial charge in [-0.05, 0) is 49.4 Å². The Hall–Kier alpha value is -1.59. The first-order chi connectivity index (χ1) is 13.0. The Bertz CT molecular complexity index is 624. The average Bonchev–Trinajstić information content (AvgIpc) is 3.09. The average molecular weight is 376 g/mol. The third kappa shape index (κ3) is 6.22. The SMILES string of the molecule is CC(C)CC[C@@H](C)NC(=O)C[NH+]1CC[NH+](Cc2ccc3c(c2)CCO3)CC1. The van der Waals surface area contributed by atoms with Crippen LogP contribution in [0.1, 0.15) is 44.7 Å². The Balaban J connectivity index is 1.37. The number of nitrogens with one attached hydrogen (secondary N) is 3. The third-order valence-corrected chi connectivity index (χ3v) is 5.87. The van der Waals surface area contributed by atoms with Crippen molar-refractivity contribution < 1.29 is 19.3 Å². The van der Waals surface area contributed by atoms with E-state index in [4.69, 9.17) is 4.74 Å². The first kappa shape index (κ1) is 20.2. The highest BCUT2D eigenvalue weighted by molar-refractivity contribution is 5.77. The zero-order valence-corrected chi connectivity index (χ0v) is 17.3. The van der Waals surface area contributed by atoms with E-state index in [2.05, 4.69) is 44.3 Å². The normalized spacial score (nSPS) is 23.0. The van der Waals surface area contributed by atoms with Crippen LogP contribution in [0.2, 0.25) is 0 Å². The van der Waals surface area contributed by atoms with Gasteiger partial charge in [-0.2, -0.15) is 0 Å². The van der Waals surface area contributed by atoms with Crippen LogP contribution in [0.5, 0.6) is 5.75 Å². The molecule has 0 bridgehead atoms. The zero-order valence-electron chi connectivity index (χ0n) is 17.3.